The number of carbonyl (C=O) groups excluding carboxylic acids is 1. The van der Waals surface area contributed by atoms with Crippen LogP contribution in [-0.2, 0) is 17.8 Å². The van der Waals surface area contributed by atoms with Gasteiger partial charge < -0.3 is 15.2 Å². The van der Waals surface area contributed by atoms with Crippen LogP contribution in [0.2, 0.25) is 0 Å². The molecule has 1 amide bonds. The predicted octanol–water partition coefficient (Wildman–Crippen LogP) is 2.98. The molecule has 2 N–H and O–H groups in total. The number of nitrogens with one attached hydrogen (secondary N) is 1. The van der Waals surface area contributed by atoms with Gasteiger partial charge in [-0.2, -0.15) is 0 Å². The van der Waals surface area contributed by atoms with Crippen LogP contribution >= 0.6 is 11.3 Å². The number of aromatic carboxylic acids is 1. The van der Waals surface area contributed by atoms with Gasteiger partial charge in [0.15, 0.2) is 5.69 Å². The van der Waals surface area contributed by atoms with Gasteiger partial charge in [0.25, 0.3) is 0 Å². The van der Waals surface area contributed by atoms with E-state index in [1.54, 1.807) is 7.11 Å². The summed E-state index contributed by atoms with van der Waals surface area (Å²) in [5.41, 5.74) is 2.50. The van der Waals surface area contributed by atoms with Crippen molar-refractivity contribution in [2.45, 2.75) is 38.1 Å². The number of carbonyl (C=O) groups is 2. The van der Waals surface area contributed by atoms with Crippen LogP contribution < -0.4 is 10.1 Å². The Labute approximate surface area is 149 Å². The molecule has 2 aromatic rings. The van der Waals surface area contributed by atoms with Gasteiger partial charge >= 0.3 is 5.97 Å². The van der Waals surface area contributed by atoms with Crippen LogP contribution in [0, 0.1) is 0 Å². The van der Waals surface area contributed by atoms with Crippen molar-refractivity contribution in [2.24, 2.45) is 0 Å². The fraction of sp³-hybridized carbons (Fsp3) is 0.389. The van der Waals surface area contributed by atoms with Crippen LogP contribution in [0.4, 0.5) is 0 Å². The third kappa shape index (κ3) is 4.17. The van der Waals surface area contributed by atoms with Crippen molar-refractivity contribution in [1.82, 2.24) is 10.3 Å². The van der Waals surface area contributed by atoms with Crippen molar-refractivity contribution in [3.8, 4) is 5.75 Å². The van der Waals surface area contributed by atoms with Gasteiger partial charge in [0.05, 0.1) is 13.7 Å². The summed E-state index contributed by atoms with van der Waals surface area (Å²) in [6.07, 6.45) is 3.50. The molecule has 1 heterocycles. The first-order chi connectivity index (χ1) is 12.1. The maximum atomic E-state index is 12.3. The molecule has 0 saturated carbocycles. The Morgan fingerprint density at radius 2 is 2.28 bits per heavy atom. The number of methoxy groups -OCH3 is 1. The number of ether oxygens (including phenoxy) is 1. The van der Waals surface area contributed by atoms with E-state index in [2.05, 4.69) is 22.4 Å². The largest absolute Gasteiger partial charge is 0.497 e. The van der Waals surface area contributed by atoms with Crippen LogP contribution in [0.15, 0.2) is 23.6 Å². The fourth-order valence-corrected chi connectivity index (χ4v) is 3.90. The fourth-order valence-electron chi connectivity index (χ4n) is 3.19. The predicted molar refractivity (Wildman–Crippen MR) is 94.2 cm³/mol. The van der Waals surface area contributed by atoms with Gasteiger partial charge in [-0.15, -0.1) is 11.3 Å². The van der Waals surface area contributed by atoms with Crippen molar-refractivity contribution in [3.63, 3.8) is 0 Å². The monoisotopic (exact) mass is 360 g/mol. The summed E-state index contributed by atoms with van der Waals surface area (Å²) >= 11 is 1.24. The smallest absolute Gasteiger partial charge is 0.355 e. The van der Waals surface area contributed by atoms with E-state index in [0.29, 0.717) is 11.4 Å². The molecule has 1 aliphatic carbocycles. The zero-order valence-corrected chi connectivity index (χ0v) is 14.8. The van der Waals surface area contributed by atoms with Crippen molar-refractivity contribution in [2.75, 3.05) is 7.11 Å². The van der Waals surface area contributed by atoms with E-state index < -0.39 is 5.97 Å². The van der Waals surface area contributed by atoms with Crippen LogP contribution in [0.5, 0.6) is 5.75 Å². The van der Waals surface area contributed by atoms with Gasteiger partial charge in [0.2, 0.25) is 5.91 Å². The number of nitrogens with zero attached hydrogens (tertiary/aromatic N) is 1. The third-order valence-electron chi connectivity index (χ3n) is 4.43. The highest BCUT2D eigenvalue weighted by Crippen LogP contribution is 2.35. The molecule has 7 heteroatoms. The molecule has 0 spiro atoms. The Hall–Kier alpha value is -2.41. The van der Waals surface area contributed by atoms with Gasteiger partial charge in [-0.1, -0.05) is 6.07 Å². The molecular weight excluding hydrogens is 340 g/mol. The highest BCUT2D eigenvalue weighted by molar-refractivity contribution is 7.09. The average molecular weight is 360 g/mol. The number of thiazole rings is 1. The number of aryl methyl sites for hydroxylation is 1. The molecule has 1 aromatic heterocycles. The van der Waals surface area contributed by atoms with Gasteiger partial charge in [0.1, 0.15) is 10.8 Å². The third-order valence-corrected chi connectivity index (χ3v) is 5.28. The lowest BCUT2D eigenvalue weighted by molar-refractivity contribution is -0.121. The molecule has 0 radical (unpaired) electrons. The Morgan fingerprint density at radius 3 is 3.00 bits per heavy atom. The second kappa shape index (κ2) is 7.65. The van der Waals surface area contributed by atoms with Gasteiger partial charge in [-0.05, 0) is 48.4 Å². The molecular formula is C18H20N2O4S. The molecule has 25 heavy (non-hydrogen) atoms. The second-order valence-corrected chi connectivity index (χ2v) is 7.01. The van der Waals surface area contributed by atoms with Crippen LogP contribution in [0.3, 0.4) is 0 Å². The first kappa shape index (κ1) is 17.4. The molecule has 6 nitrogen and oxygen atoms in total. The van der Waals surface area contributed by atoms with E-state index in [4.69, 9.17) is 9.84 Å². The molecule has 1 aromatic carbocycles. The molecule has 0 fully saturated rings. The summed E-state index contributed by atoms with van der Waals surface area (Å²) in [6, 6.07) is 6.06. The molecule has 132 valence electrons. The molecule has 1 atom stereocenters. The average Bonchev–Trinajstić information content (AvgIpc) is 3.09. The Balaban J connectivity index is 1.59. The zero-order chi connectivity index (χ0) is 17.8. The maximum absolute atomic E-state index is 12.3. The summed E-state index contributed by atoms with van der Waals surface area (Å²) in [6.45, 7) is 0.263. The molecule has 0 saturated heterocycles. The van der Waals surface area contributed by atoms with E-state index in [-0.39, 0.29) is 24.1 Å². The minimum absolute atomic E-state index is 0.0180. The lowest BCUT2D eigenvalue weighted by Gasteiger charge is -2.25. The van der Waals surface area contributed by atoms with E-state index >= 15 is 0 Å². The van der Waals surface area contributed by atoms with Crippen molar-refractivity contribution < 1.29 is 19.4 Å². The standard InChI is InChI=1S/C18H20N2O4S/c1-24-13-5-6-14-11(7-13)3-2-4-12(14)8-16(21)19-9-17-20-15(10-25-17)18(22)23/h5-7,10,12H,2-4,8-9H2,1H3,(H,19,21)(H,22,23). The maximum Gasteiger partial charge on any atom is 0.355 e. The quantitative estimate of drug-likeness (QED) is 0.827. The molecule has 0 bridgehead atoms. The zero-order valence-electron chi connectivity index (χ0n) is 13.9. The number of rotatable bonds is 6. The van der Waals surface area contributed by atoms with Crippen LogP contribution in [0.1, 0.15) is 51.8 Å². The lowest BCUT2D eigenvalue weighted by Crippen LogP contribution is -2.25. The van der Waals surface area contributed by atoms with Crippen LogP contribution in [-0.4, -0.2) is 29.1 Å². The van der Waals surface area contributed by atoms with E-state index in [0.717, 1.165) is 25.0 Å². The van der Waals surface area contributed by atoms with Crippen molar-refractivity contribution in [1.29, 1.82) is 0 Å². The number of carboxylic acids is 1. The number of aromatic nitrogens is 1. The highest BCUT2D eigenvalue weighted by Gasteiger charge is 2.23. The molecule has 0 aliphatic heterocycles. The molecule has 3 rings (SSSR count). The van der Waals surface area contributed by atoms with E-state index in [9.17, 15) is 9.59 Å². The normalized spacial score (nSPS) is 16.1. The summed E-state index contributed by atoms with van der Waals surface area (Å²) in [7, 11) is 1.66. The van der Waals surface area contributed by atoms with Crippen molar-refractivity contribution >= 4 is 23.2 Å². The Kier molecular flexibility index (Phi) is 5.33. The number of carboxylic acid groups (broad SMARTS) is 1. The van der Waals surface area contributed by atoms with Crippen LogP contribution in [0.25, 0.3) is 0 Å². The van der Waals surface area contributed by atoms with Gasteiger partial charge in [-0.25, -0.2) is 9.78 Å². The summed E-state index contributed by atoms with van der Waals surface area (Å²) in [5.74, 6) is -0.0359. The van der Waals surface area contributed by atoms with Gasteiger partial charge in [-0.3, -0.25) is 4.79 Å². The number of amides is 1. The Bertz CT molecular complexity index is 787. The SMILES string of the molecule is COc1ccc2c(c1)CCCC2CC(=O)NCc1nc(C(=O)O)cs1. The minimum atomic E-state index is -1.05. The molecule has 1 unspecified atom stereocenters. The number of benzene rings is 1. The summed E-state index contributed by atoms with van der Waals surface area (Å²) in [5, 5.41) is 13.8. The molecule has 1 aliphatic rings. The first-order valence-corrected chi connectivity index (χ1v) is 9.06. The number of hydrogen-bond donors (Lipinski definition) is 2. The van der Waals surface area contributed by atoms with Crippen molar-refractivity contribution in [3.05, 3.63) is 45.4 Å². The lowest BCUT2D eigenvalue weighted by atomic mass is 9.81. The minimum Gasteiger partial charge on any atom is -0.497 e. The Morgan fingerprint density at radius 1 is 1.44 bits per heavy atom. The summed E-state index contributed by atoms with van der Waals surface area (Å²) < 4.78 is 5.28. The number of fused-ring (bicyclic) bond motifs is 1. The topological polar surface area (TPSA) is 88.5 Å². The van der Waals surface area contributed by atoms with Gasteiger partial charge in [0, 0.05) is 11.8 Å². The highest BCUT2D eigenvalue weighted by atomic mass is 32.1. The van der Waals surface area contributed by atoms with E-state index in [1.165, 1.54) is 27.8 Å². The number of hydrogen-bond acceptors (Lipinski definition) is 5. The summed E-state index contributed by atoms with van der Waals surface area (Å²) in [4.78, 5) is 27.1. The second-order valence-electron chi connectivity index (χ2n) is 6.07. The first-order valence-electron chi connectivity index (χ1n) is 8.18. The van der Waals surface area contributed by atoms with E-state index in [1.807, 2.05) is 6.07 Å².